The first-order valence-corrected chi connectivity index (χ1v) is 7.32. The summed E-state index contributed by atoms with van der Waals surface area (Å²) in [4.78, 5) is 0. The van der Waals surface area contributed by atoms with Gasteiger partial charge in [-0.25, -0.2) is 12.7 Å². The maximum absolute atomic E-state index is 11.8. The summed E-state index contributed by atoms with van der Waals surface area (Å²) < 4.78 is 24.7. The van der Waals surface area contributed by atoms with Gasteiger partial charge in [0.15, 0.2) is 5.11 Å². The van der Waals surface area contributed by atoms with Crippen molar-refractivity contribution in [2.24, 2.45) is 0 Å². The minimum Gasteiger partial charge on any atom is -0.354 e. The van der Waals surface area contributed by atoms with Crippen LogP contribution >= 0.6 is 23.8 Å². The van der Waals surface area contributed by atoms with Crippen LogP contribution in [0, 0.1) is 0 Å². The highest BCUT2D eigenvalue weighted by molar-refractivity contribution is 7.91. The van der Waals surface area contributed by atoms with E-state index in [9.17, 15) is 8.42 Å². The molecule has 2 rings (SSSR count). The average molecular weight is 291 g/mol. The lowest BCUT2D eigenvalue weighted by Gasteiger charge is -2.32. The Balaban J connectivity index is 2.30. The number of halogens is 1. The molecule has 1 unspecified atom stereocenters. The Morgan fingerprint density at radius 2 is 2.00 bits per heavy atom. The number of benzene rings is 1. The quantitative estimate of drug-likeness (QED) is 0.797. The van der Waals surface area contributed by atoms with Crippen LogP contribution in [0.1, 0.15) is 11.6 Å². The highest BCUT2D eigenvalue weighted by Gasteiger charge is 2.32. The standard InChI is InChI=1S/C10H11ClN2O2S2/c1-13-10(16)12-9(6-17(13,14)15)7-2-4-8(11)5-3-7/h2-5,9H,6H2,1H3,(H,12,16). The molecular weight excluding hydrogens is 280 g/mol. The van der Waals surface area contributed by atoms with Crippen LogP contribution in [0.3, 0.4) is 0 Å². The Morgan fingerprint density at radius 3 is 2.53 bits per heavy atom. The summed E-state index contributed by atoms with van der Waals surface area (Å²) >= 11 is 10.8. The van der Waals surface area contributed by atoms with E-state index in [2.05, 4.69) is 5.32 Å². The molecule has 1 N–H and O–H groups in total. The third kappa shape index (κ3) is 2.53. The smallest absolute Gasteiger partial charge is 0.239 e. The van der Waals surface area contributed by atoms with Gasteiger partial charge < -0.3 is 5.32 Å². The molecule has 17 heavy (non-hydrogen) atoms. The fourth-order valence-corrected chi connectivity index (χ4v) is 3.44. The second kappa shape index (κ2) is 4.44. The van der Waals surface area contributed by atoms with Crippen LogP contribution in [0.4, 0.5) is 0 Å². The summed E-state index contributed by atoms with van der Waals surface area (Å²) in [7, 11) is -1.87. The average Bonchev–Trinajstić information content (AvgIpc) is 2.26. The van der Waals surface area contributed by atoms with Crippen molar-refractivity contribution in [3.05, 3.63) is 34.9 Å². The third-order valence-corrected chi connectivity index (χ3v) is 5.18. The molecule has 92 valence electrons. The van der Waals surface area contributed by atoms with Gasteiger partial charge in [0.25, 0.3) is 0 Å². The van der Waals surface area contributed by atoms with Crippen molar-refractivity contribution in [1.29, 1.82) is 0 Å². The molecule has 0 amide bonds. The number of rotatable bonds is 1. The van der Waals surface area contributed by atoms with E-state index >= 15 is 0 Å². The van der Waals surface area contributed by atoms with Crippen LogP contribution in [0.5, 0.6) is 0 Å². The van der Waals surface area contributed by atoms with Gasteiger partial charge in [-0.3, -0.25) is 0 Å². The molecule has 0 bridgehead atoms. The summed E-state index contributed by atoms with van der Waals surface area (Å²) in [6.07, 6.45) is 0. The maximum Gasteiger partial charge on any atom is 0.239 e. The fraction of sp³-hybridized carbons (Fsp3) is 0.300. The van der Waals surface area contributed by atoms with E-state index < -0.39 is 10.0 Å². The maximum atomic E-state index is 11.8. The summed E-state index contributed by atoms with van der Waals surface area (Å²) in [6.45, 7) is 0. The molecule has 1 atom stereocenters. The molecule has 1 aliphatic rings. The van der Waals surface area contributed by atoms with E-state index in [-0.39, 0.29) is 16.9 Å². The summed E-state index contributed by atoms with van der Waals surface area (Å²) in [5, 5.41) is 3.83. The summed E-state index contributed by atoms with van der Waals surface area (Å²) in [5.41, 5.74) is 0.855. The minimum atomic E-state index is -3.32. The zero-order valence-electron chi connectivity index (χ0n) is 9.05. The Bertz CT molecular complexity index is 542. The van der Waals surface area contributed by atoms with Crippen LogP contribution in [0.15, 0.2) is 24.3 Å². The van der Waals surface area contributed by atoms with Gasteiger partial charge in [0, 0.05) is 12.1 Å². The normalized spacial score (nSPS) is 23.3. The van der Waals surface area contributed by atoms with Crippen molar-refractivity contribution in [3.8, 4) is 0 Å². The van der Waals surface area contributed by atoms with Crippen LogP contribution < -0.4 is 5.32 Å². The first-order valence-electron chi connectivity index (χ1n) is 4.93. The van der Waals surface area contributed by atoms with Gasteiger partial charge in [0.05, 0.1) is 11.8 Å². The number of hydrogen-bond donors (Lipinski definition) is 1. The van der Waals surface area contributed by atoms with E-state index in [0.29, 0.717) is 5.02 Å². The lowest BCUT2D eigenvalue weighted by Crippen LogP contribution is -2.51. The Kier molecular flexibility index (Phi) is 3.29. The minimum absolute atomic E-state index is 0.00866. The molecule has 0 spiro atoms. The van der Waals surface area contributed by atoms with Gasteiger partial charge in [-0.2, -0.15) is 0 Å². The molecule has 4 nitrogen and oxygen atoms in total. The van der Waals surface area contributed by atoms with E-state index in [1.165, 1.54) is 7.05 Å². The second-order valence-corrected chi connectivity index (χ2v) is 6.67. The Labute approximate surface area is 111 Å². The van der Waals surface area contributed by atoms with Crippen LogP contribution in [-0.2, 0) is 10.0 Å². The van der Waals surface area contributed by atoms with Crippen molar-refractivity contribution in [2.45, 2.75) is 6.04 Å². The van der Waals surface area contributed by atoms with Crippen molar-refractivity contribution in [1.82, 2.24) is 9.62 Å². The number of nitrogens with zero attached hydrogens (tertiary/aromatic N) is 1. The molecule has 1 aromatic carbocycles. The molecule has 1 heterocycles. The second-order valence-electron chi connectivity index (χ2n) is 3.80. The highest BCUT2D eigenvalue weighted by Crippen LogP contribution is 2.22. The van der Waals surface area contributed by atoms with Crippen molar-refractivity contribution in [3.63, 3.8) is 0 Å². The van der Waals surface area contributed by atoms with Crippen LogP contribution in [-0.4, -0.2) is 30.6 Å². The number of hydrogen-bond acceptors (Lipinski definition) is 3. The predicted molar refractivity (Wildman–Crippen MR) is 71.5 cm³/mol. The van der Waals surface area contributed by atoms with Crippen LogP contribution in [0.2, 0.25) is 5.02 Å². The Hall–Kier alpha value is -0.850. The monoisotopic (exact) mass is 290 g/mol. The van der Waals surface area contributed by atoms with Gasteiger partial charge in [0.2, 0.25) is 10.0 Å². The van der Waals surface area contributed by atoms with E-state index in [0.717, 1.165) is 9.87 Å². The van der Waals surface area contributed by atoms with Gasteiger partial charge in [-0.1, -0.05) is 23.7 Å². The zero-order chi connectivity index (χ0) is 12.6. The van der Waals surface area contributed by atoms with Crippen molar-refractivity contribution >= 4 is 39.0 Å². The topological polar surface area (TPSA) is 49.4 Å². The molecule has 1 saturated heterocycles. The molecule has 1 aromatic rings. The molecular formula is C10H11ClN2O2S2. The number of nitrogens with one attached hydrogen (secondary N) is 1. The van der Waals surface area contributed by atoms with E-state index in [4.69, 9.17) is 23.8 Å². The molecule has 7 heteroatoms. The summed E-state index contributed by atoms with van der Waals surface area (Å²) in [5.74, 6) is -0.00866. The Morgan fingerprint density at radius 1 is 1.41 bits per heavy atom. The van der Waals surface area contributed by atoms with E-state index in [1.54, 1.807) is 24.3 Å². The highest BCUT2D eigenvalue weighted by atomic mass is 35.5. The first kappa shape index (κ1) is 12.6. The van der Waals surface area contributed by atoms with E-state index in [1.807, 2.05) is 0 Å². The van der Waals surface area contributed by atoms with Crippen LogP contribution in [0.25, 0.3) is 0 Å². The molecule has 0 aromatic heterocycles. The number of thiocarbonyl (C=S) groups is 1. The fourth-order valence-electron chi connectivity index (χ4n) is 1.61. The van der Waals surface area contributed by atoms with Crippen molar-refractivity contribution < 1.29 is 8.42 Å². The largest absolute Gasteiger partial charge is 0.354 e. The van der Waals surface area contributed by atoms with Gasteiger partial charge in [-0.05, 0) is 29.9 Å². The number of sulfonamides is 1. The zero-order valence-corrected chi connectivity index (χ0v) is 11.4. The first-order chi connectivity index (χ1) is 7.90. The third-order valence-electron chi connectivity index (χ3n) is 2.65. The lowest BCUT2D eigenvalue weighted by molar-refractivity contribution is 0.514. The molecule has 0 saturated carbocycles. The molecule has 1 aliphatic heterocycles. The molecule has 0 aliphatic carbocycles. The van der Waals surface area contributed by atoms with Gasteiger partial charge in [-0.15, -0.1) is 0 Å². The molecule has 0 radical (unpaired) electrons. The SMILES string of the molecule is CN1C(=S)NC(c2ccc(Cl)cc2)CS1(=O)=O. The predicted octanol–water partition coefficient (Wildman–Crippen LogP) is 1.53. The van der Waals surface area contributed by atoms with Gasteiger partial charge >= 0.3 is 0 Å². The lowest BCUT2D eigenvalue weighted by atomic mass is 10.1. The summed E-state index contributed by atoms with van der Waals surface area (Å²) in [6, 6.07) is 6.73. The molecule has 1 fully saturated rings. The van der Waals surface area contributed by atoms with Crippen molar-refractivity contribution in [2.75, 3.05) is 12.8 Å². The van der Waals surface area contributed by atoms with Gasteiger partial charge in [0.1, 0.15) is 0 Å².